The van der Waals surface area contributed by atoms with E-state index in [-0.39, 0.29) is 17.0 Å². The monoisotopic (exact) mass is 368 g/mol. The Morgan fingerprint density at radius 3 is 2.11 bits per heavy atom. The van der Waals surface area contributed by atoms with E-state index in [2.05, 4.69) is 31.1 Å². The lowest BCUT2D eigenvalue weighted by molar-refractivity contribution is -0.150. The first kappa shape index (κ1) is 20.5. The number of carbonyl (C=O) groups is 2. The first-order valence-electron chi connectivity index (χ1n) is 8.96. The van der Waals surface area contributed by atoms with Crippen molar-refractivity contribution in [3.05, 3.63) is 65.1 Å². The molecule has 0 bridgehead atoms. The summed E-state index contributed by atoms with van der Waals surface area (Å²) >= 11 is 0. The second-order valence-electron chi connectivity index (χ2n) is 8.47. The number of benzene rings is 1. The molecule has 5 heteroatoms. The van der Waals surface area contributed by atoms with Gasteiger partial charge in [0.25, 0.3) is 5.91 Å². The highest BCUT2D eigenvalue weighted by molar-refractivity contribution is 6.03. The fourth-order valence-corrected chi connectivity index (χ4v) is 2.38. The highest BCUT2D eigenvalue weighted by atomic mass is 16.6. The van der Waals surface area contributed by atoms with Crippen molar-refractivity contribution >= 4 is 18.0 Å². The SMILES string of the molecule is CC(C)(C)OC(=O)/C(=C\c1ccc[nH]1)NC(=O)c1ccc(C(C)(C)C)cc1. The van der Waals surface area contributed by atoms with Crippen molar-refractivity contribution in [3.63, 3.8) is 0 Å². The van der Waals surface area contributed by atoms with E-state index in [9.17, 15) is 9.59 Å². The van der Waals surface area contributed by atoms with Gasteiger partial charge in [0.05, 0.1) is 0 Å². The largest absolute Gasteiger partial charge is 0.455 e. The maximum Gasteiger partial charge on any atom is 0.355 e. The molecule has 1 aromatic carbocycles. The fourth-order valence-electron chi connectivity index (χ4n) is 2.38. The summed E-state index contributed by atoms with van der Waals surface area (Å²) in [5.74, 6) is -0.948. The van der Waals surface area contributed by atoms with Crippen LogP contribution in [0.2, 0.25) is 0 Å². The number of hydrogen-bond donors (Lipinski definition) is 2. The first-order valence-corrected chi connectivity index (χ1v) is 8.96. The number of nitrogens with one attached hydrogen (secondary N) is 2. The molecular weight excluding hydrogens is 340 g/mol. The third-order valence-corrected chi connectivity index (χ3v) is 3.80. The van der Waals surface area contributed by atoms with E-state index >= 15 is 0 Å². The van der Waals surface area contributed by atoms with Gasteiger partial charge in [-0.05, 0) is 62.1 Å². The van der Waals surface area contributed by atoms with Gasteiger partial charge >= 0.3 is 5.97 Å². The molecule has 1 amide bonds. The van der Waals surface area contributed by atoms with Crippen molar-refractivity contribution in [2.45, 2.75) is 52.6 Å². The Balaban J connectivity index is 2.24. The maximum absolute atomic E-state index is 12.6. The summed E-state index contributed by atoms with van der Waals surface area (Å²) in [6.07, 6.45) is 3.31. The third-order valence-electron chi connectivity index (χ3n) is 3.80. The quantitative estimate of drug-likeness (QED) is 0.620. The Bertz CT molecular complexity index is 818. The van der Waals surface area contributed by atoms with Crippen LogP contribution in [-0.4, -0.2) is 22.5 Å². The predicted molar refractivity (Wildman–Crippen MR) is 107 cm³/mol. The minimum atomic E-state index is -0.662. The lowest BCUT2D eigenvalue weighted by Crippen LogP contribution is -2.33. The van der Waals surface area contributed by atoms with E-state index < -0.39 is 11.6 Å². The van der Waals surface area contributed by atoms with Crippen LogP contribution >= 0.6 is 0 Å². The Kier molecular flexibility index (Phi) is 5.94. The summed E-state index contributed by atoms with van der Waals surface area (Å²) in [6, 6.07) is 11.0. The van der Waals surface area contributed by atoms with Crippen LogP contribution in [-0.2, 0) is 14.9 Å². The molecule has 0 radical (unpaired) electrons. The van der Waals surface area contributed by atoms with Gasteiger partial charge in [-0.3, -0.25) is 4.79 Å². The molecule has 5 nitrogen and oxygen atoms in total. The average molecular weight is 368 g/mol. The van der Waals surface area contributed by atoms with Gasteiger partial charge in [-0.15, -0.1) is 0 Å². The van der Waals surface area contributed by atoms with Crippen molar-refractivity contribution in [1.29, 1.82) is 0 Å². The Hall–Kier alpha value is -2.82. The number of esters is 1. The molecule has 0 aliphatic carbocycles. The second kappa shape index (κ2) is 7.82. The van der Waals surface area contributed by atoms with E-state index in [4.69, 9.17) is 4.74 Å². The van der Waals surface area contributed by atoms with Crippen LogP contribution < -0.4 is 5.32 Å². The molecule has 0 aliphatic rings. The number of carbonyl (C=O) groups excluding carboxylic acids is 2. The van der Waals surface area contributed by atoms with Gasteiger partial charge in [0.2, 0.25) is 0 Å². The van der Waals surface area contributed by atoms with E-state index in [1.807, 2.05) is 18.2 Å². The van der Waals surface area contributed by atoms with Crippen LogP contribution in [0.5, 0.6) is 0 Å². The summed E-state index contributed by atoms with van der Waals surface area (Å²) < 4.78 is 5.41. The smallest absolute Gasteiger partial charge is 0.355 e. The minimum Gasteiger partial charge on any atom is -0.455 e. The van der Waals surface area contributed by atoms with Gasteiger partial charge in [0, 0.05) is 17.5 Å². The molecule has 0 unspecified atom stereocenters. The van der Waals surface area contributed by atoms with E-state index in [0.717, 1.165) is 5.56 Å². The van der Waals surface area contributed by atoms with Crippen LogP contribution in [0.1, 0.15) is 63.2 Å². The highest BCUT2D eigenvalue weighted by Crippen LogP contribution is 2.22. The Labute approximate surface area is 160 Å². The fraction of sp³-hybridized carbons (Fsp3) is 0.364. The lowest BCUT2D eigenvalue weighted by Gasteiger charge is -2.21. The summed E-state index contributed by atoms with van der Waals surface area (Å²) in [7, 11) is 0. The number of ether oxygens (including phenoxy) is 1. The molecule has 0 spiro atoms. The molecule has 27 heavy (non-hydrogen) atoms. The van der Waals surface area contributed by atoms with E-state index in [0.29, 0.717) is 11.3 Å². The van der Waals surface area contributed by atoms with Gasteiger partial charge in [-0.2, -0.15) is 0 Å². The van der Waals surface area contributed by atoms with Crippen molar-refractivity contribution in [2.24, 2.45) is 0 Å². The van der Waals surface area contributed by atoms with Crippen LogP contribution in [0.25, 0.3) is 6.08 Å². The van der Waals surface area contributed by atoms with Crippen molar-refractivity contribution in [3.8, 4) is 0 Å². The molecule has 144 valence electrons. The third kappa shape index (κ3) is 6.13. The summed E-state index contributed by atoms with van der Waals surface area (Å²) in [5.41, 5.74) is 1.73. The summed E-state index contributed by atoms with van der Waals surface area (Å²) in [4.78, 5) is 28.2. The van der Waals surface area contributed by atoms with Crippen LogP contribution in [0.15, 0.2) is 48.3 Å². The molecule has 0 fully saturated rings. The molecule has 0 saturated carbocycles. The van der Waals surface area contributed by atoms with Crippen LogP contribution in [0, 0.1) is 0 Å². The average Bonchev–Trinajstić information content (AvgIpc) is 3.05. The molecule has 0 aliphatic heterocycles. The molecular formula is C22H28N2O3. The maximum atomic E-state index is 12.6. The number of hydrogen-bond acceptors (Lipinski definition) is 3. The molecule has 2 aromatic rings. The summed E-state index contributed by atoms with van der Waals surface area (Å²) in [5, 5.41) is 2.68. The minimum absolute atomic E-state index is 0.00417. The summed E-state index contributed by atoms with van der Waals surface area (Å²) in [6.45, 7) is 11.7. The number of aromatic amines is 1. The topological polar surface area (TPSA) is 71.2 Å². The van der Waals surface area contributed by atoms with Gasteiger partial charge in [-0.25, -0.2) is 4.79 Å². The van der Waals surface area contributed by atoms with Gasteiger partial charge in [-0.1, -0.05) is 32.9 Å². The standard InChI is InChI=1S/C22H28N2O3/c1-21(2,3)16-11-9-15(10-12-16)19(25)24-18(14-17-8-7-13-23-17)20(26)27-22(4,5)6/h7-14,23H,1-6H3,(H,24,25)/b18-14+. The number of amides is 1. The zero-order valence-corrected chi connectivity index (χ0v) is 16.8. The van der Waals surface area contributed by atoms with Crippen LogP contribution in [0.4, 0.5) is 0 Å². The molecule has 0 atom stereocenters. The number of rotatable bonds is 4. The zero-order chi connectivity index (χ0) is 20.2. The molecule has 2 rings (SSSR count). The zero-order valence-electron chi connectivity index (χ0n) is 16.8. The first-order chi connectivity index (χ1) is 12.5. The van der Waals surface area contributed by atoms with E-state index in [1.54, 1.807) is 51.2 Å². The number of aromatic nitrogens is 1. The van der Waals surface area contributed by atoms with Gasteiger partial charge in [0.1, 0.15) is 11.3 Å². The Morgan fingerprint density at radius 2 is 1.63 bits per heavy atom. The van der Waals surface area contributed by atoms with Gasteiger partial charge < -0.3 is 15.0 Å². The predicted octanol–water partition coefficient (Wildman–Crippen LogP) is 4.42. The van der Waals surface area contributed by atoms with Crippen molar-refractivity contribution in [1.82, 2.24) is 10.3 Å². The molecule has 2 N–H and O–H groups in total. The molecule has 1 heterocycles. The van der Waals surface area contributed by atoms with Crippen molar-refractivity contribution in [2.75, 3.05) is 0 Å². The number of H-pyrrole nitrogens is 1. The highest BCUT2D eigenvalue weighted by Gasteiger charge is 2.22. The van der Waals surface area contributed by atoms with Crippen molar-refractivity contribution < 1.29 is 14.3 Å². The normalized spacial score (nSPS) is 12.6. The van der Waals surface area contributed by atoms with Crippen LogP contribution in [0.3, 0.4) is 0 Å². The second-order valence-corrected chi connectivity index (χ2v) is 8.47. The molecule has 1 aromatic heterocycles. The Morgan fingerprint density at radius 1 is 1.00 bits per heavy atom. The lowest BCUT2D eigenvalue weighted by atomic mass is 9.87. The van der Waals surface area contributed by atoms with E-state index in [1.165, 1.54) is 0 Å². The van der Waals surface area contributed by atoms with Gasteiger partial charge in [0.15, 0.2) is 0 Å². The molecule has 0 saturated heterocycles.